The lowest BCUT2D eigenvalue weighted by atomic mass is 9.82. The maximum absolute atomic E-state index is 2.51. The summed E-state index contributed by atoms with van der Waals surface area (Å²) in [5.74, 6) is 1.81. The van der Waals surface area contributed by atoms with Gasteiger partial charge in [0.05, 0.1) is 0 Å². The van der Waals surface area contributed by atoms with Crippen LogP contribution in [-0.4, -0.2) is 24.0 Å². The Bertz CT molecular complexity index is 179. The summed E-state index contributed by atoms with van der Waals surface area (Å²) < 4.78 is 0. The zero-order valence-corrected chi connectivity index (χ0v) is 8.33. The van der Waals surface area contributed by atoms with Crippen LogP contribution in [0, 0.1) is 11.8 Å². The first-order valence-corrected chi connectivity index (χ1v) is 5.08. The molecule has 1 fully saturated rings. The molecule has 2 aliphatic heterocycles. The highest BCUT2D eigenvalue weighted by molar-refractivity contribution is 5.13. The Morgan fingerprint density at radius 2 is 1.67 bits per heavy atom. The molecule has 0 aromatic heterocycles. The van der Waals surface area contributed by atoms with Gasteiger partial charge >= 0.3 is 0 Å². The Hall–Kier alpha value is -0.300. The maximum Gasteiger partial charge on any atom is 0.0284 e. The fourth-order valence-corrected chi connectivity index (χ4v) is 2.52. The van der Waals surface area contributed by atoms with E-state index < -0.39 is 0 Å². The van der Waals surface area contributed by atoms with Crippen LogP contribution in [-0.2, 0) is 0 Å². The number of hydrogen-bond donors (Lipinski definition) is 0. The molecule has 0 radical (unpaired) electrons. The average molecular weight is 165 g/mol. The molecule has 68 valence electrons. The Kier molecular flexibility index (Phi) is 1.99. The second-order valence-corrected chi connectivity index (χ2v) is 4.66. The molecule has 2 bridgehead atoms. The maximum atomic E-state index is 2.51. The minimum atomic E-state index is 0.746. The zero-order chi connectivity index (χ0) is 8.72. The quantitative estimate of drug-likeness (QED) is 0.539. The highest BCUT2D eigenvalue weighted by Gasteiger charge is 2.35. The summed E-state index contributed by atoms with van der Waals surface area (Å²) >= 11 is 0. The van der Waals surface area contributed by atoms with Crippen LogP contribution in [0.4, 0.5) is 0 Å². The van der Waals surface area contributed by atoms with Crippen LogP contribution in [0.5, 0.6) is 0 Å². The lowest BCUT2D eigenvalue weighted by Gasteiger charge is -2.38. The third-order valence-electron chi connectivity index (χ3n) is 3.63. The van der Waals surface area contributed by atoms with Gasteiger partial charge < -0.3 is 0 Å². The topological polar surface area (TPSA) is 3.24 Å². The van der Waals surface area contributed by atoms with Crippen LogP contribution in [0.25, 0.3) is 0 Å². The van der Waals surface area contributed by atoms with Gasteiger partial charge in [0.2, 0.25) is 0 Å². The molecule has 0 aromatic carbocycles. The van der Waals surface area contributed by atoms with Crippen molar-refractivity contribution in [1.29, 1.82) is 0 Å². The molecular weight excluding hydrogens is 146 g/mol. The monoisotopic (exact) mass is 165 g/mol. The first-order valence-electron chi connectivity index (χ1n) is 5.08. The normalized spacial score (nSPS) is 41.2. The molecule has 1 saturated heterocycles. The van der Waals surface area contributed by atoms with Crippen molar-refractivity contribution in [1.82, 2.24) is 4.90 Å². The van der Waals surface area contributed by atoms with Crippen molar-refractivity contribution in [2.24, 2.45) is 11.8 Å². The molecule has 2 atom stereocenters. The standard InChI is InChI=1S/C11H19N/c1-8(2)9-6-10-4-5-11(7-9)12(10)3/h4-5,8-11H,6-7H2,1-3H3. The highest BCUT2D eigenvalue weighted by atomic mass is 15.2. The van der Waals surface area contributed by atoms with Crippen molar-refractivity contribution in [3.63, 3.8) is 0 Å². The van der Waals surface area contributed by atoms with E-state index in [1.807, 2.05) is 0 Å². The minimum Gasteiger partial charge on any atom is -0.294 e. The number of hydrogen-bond acceptors (Lipinski definition) is 1. The van der Waals surface area contributed by atoms with Gasteiger partial charge in [0.25, 0.3) is 0 Å². The van der Waals surface area contributed by atoms with Crippen LogP contribution in [0.1, 0.15) is 26.7 Å². The number of likely N-dealkylation sites (N-methyl/N-ethyl adjacent to an activating group) is 1. The van der Waals surface area contributed by atoms with Crippen molar-refractivity contribution in [3.05, 3.63) is 12.2 Å². The first-order chi connectivity index (χ1) is 5.68. The first kappa shape index (κ1) is 8.31. The van der Waals surface area contributed by atoms with Gasteiger partial charge in [-0.1, -0.05) is 26.0 Å². The largest absolute Gasteiger partial charge is 0.294 e. The Morgan fingerprint density at radius 3 is 2.08 bits per heavy atom. The summed E-state index contributed by atoms with van der Waals surface area (Å²) in [6, 6.07) is 1.49. The fraction of sp³-hybridized carbons (Fsp3) is 0.818. The Morgan fingerprint density at radius 1 is 1.17 bits per heavy atom. The van der Waals surface area contributed by atoms with E-state index in [-0.39, 0.29) is 0 Å². The zero-order valence-electron chi connectivity index (χ0n) is 8.33. The molecule has 2 heterocycles. The molecule has 0 aliphatic carbocycles. The van der Waals surface area contributed by atoms with Crippen molar-refractivity contribution in [2.45, 2.75) is 38.8 Å². The van der Waals surface area contributed by atoms with E-state index in [1.165, 1.54) is 12.8 Å². The predicted octanol–water partition coefficient (Wildman–Crippen LogP) is 2.29. The molecule has 2 rings (SSSR count). The van der Waals surface area contributed by atoms with Crippen molar-refractivity contribution < 1.29 is 0 Å². The van der Waals surface area contributed by atoms with Crippen LogP contribution in [0.15, 0.2) is 12.2 Å². The van der Waals surface area contributed by atoms with Gasteiger partial charge in [0.15, 0.2) is 0 Å². The van der Waals surface area contributed by atoms with Gasteiger partial charge in [-0.05, 0) is 31.7 Å². The highest BCUT2D eigenvalue weighted by Crippen LogP contribution is 2.36. The summed E-state index contributed by atoms with van der Waals surface area (Å²) in [6.45, 7) is 4.71. The fourth-order valence-electron chi connectivity index (χ4n) is 2.52. The van der Waals surface area contributed by atoms with E-state index in [2.05, 4.69) is 37.9 Å². The molecule has 0 amide bonds. The van der Waals surface area contributed by atoms with Crippen molar-refractivity contribution >= 4 is 0 Å². The molecule has 2 unspecified atom stereocenters. The number of rotatable bonds is 1. The lowest BCUT2D eigenvalue weighted by Crippen LogP contribution is -2.41. The van der Waals surface area contributed by atoms with Crippen molar-refractivity contribution in [3.8, 4) is 0 Å². The summed E-state index contributed by atoms with van der Waals surface area (Å²) in [5, 5.41) is 0. The number of nitrogens with zero attached hydrogens (tertiary/aromatic N) is 1. The molecule has 0 saturated carbocycles. The van der Waals surface area contributed by atoms with Gasteiger partial charge in [-0.25, -0.2) is 0 Å². The third kappa shape index (κ3) is 1.20. The molecule has 1 nitrogen and oxygen atoms in total. The van der Waals surface area contributed by atoms with E-state index in [1.54, 1.807) is 0 Å². The molecule has 1 heteroatoms. The van der Waals surface area contributed by atoms with E-state index in [9.17, 15) is 0 Å². The SMILES string of the molecule is CC(C)C1CC2C=CC(C1)N2C. The molecule has 0 spiro atoms. The second kappa shape index (κ2) is 2.88. The van der Waals surface area contributed by atoms with Crippen LogP contribution < -0.4 is 0 Å². The lowest BCUT2D eigenvalue weighted by molar-refractivity contribution is 0.124. The van der Waals surface area contributed by atoms with E-state index in [0.29, 0.717) is 0 Å². The van der Waals surface area contributed by atoms with Gasteiger partial charge in [-0.2, -0.15) is 0 Å². The van der Waals surface area contributed by atoms with Gasteiger partial charge in [0, 0.05) is 12.1 Å². The second-order valence-electron chi connectivity index (χ2n) is 4.66. The van der Waals surface area contributed by atoms with Crippen LogP contribution in [0.2, 0.25) is 0 Å². The van der Waals surface area contributed by atoms with E-state index in [0.717, 1.165) is 23.9 Å². The molecule has 12 heavy (non-hydrogen) atoms. The van der Waals surface area contributed by atoms with Crippen LogP contribution >= 0.6 is 0 Å². The molecule has 2 aliphatic rings. The molecule has 0 N–H and O–H groups in total. The Labute approximate surface area is 75.4 Å². The van der Waals surface area contributed by atoms with Gasteiger partial charge in [-0.15, -0.1) is 0 Å². The van der Waals surface area contributed by atoms with E-state index >= 15 is 0 Å². The van der Waals surface area contributed by atoms with Gasteiger partial charge in [0.1, 0.15) is 0 Å². The summed E-state index contributed by atoms with van der Waals surface area (Å²) in [6.07, 6.45) is 7.54. The Balaban J connectivity index is 2.06. The summed E-state index contributed by atoms with van der Waals surface area (Å²) in [4.78, 5) is 2.51. The average Bonchev–Trinajstić information content (AvgIpc) is 2.30. The predicted molar refractivity (Wildman–Crippen MR) is 52.0 cm³/mol. The van der Waals surface area contributed by atoms with E-state index in [4.69, 9.17) is 0 Å². The summed E-state index contributed by atoms with van der Waals surface area (Å²) in [7, 11) is 2.26. The third-order valence-corrected chi connectivity index (χ3v) is 3.63. The van der Waals surface area contributed by atoms with Crippen LogP contribution in [0.3, 0.4) is 0 Å². The van der Waals surface area contributed by atoms with Gasteiger partial charge in [-0.3, -0.25) is 4.90 Å². The van der Waals surface area contributed by atoms with Crippen molar-refractivity contribution in [2.75, 3.05) is 7.05 Å². The molecule has 0 aromatic rings. The number of piperidine rings is 1. The summed E-state index contributed by atoms with van der Waals surface area (Å²) in [5.41, 5.74) is 0. The molecular formula is C11H19N. The minimum absolute atomic E-state index is 0.746. The number of fused-ring (bicyclic) bond motifs is 2. The smallest absolute Gasteiger partial charge is 0.0284 e.